The lowest BCUT2D eigenvalue weighted by atomic mass is 10.0. The van der Waals surface area contributed by atoms with E-state index in [1.165, 1.54) is 12.8 Å². The molecule has 0 spiro atoms. The normalized spacial score (nSPS) is 25.9. The van der Waals surface area contributed by atoms with Crippen molar-refractivity contribution in [3.05, 3.63) is 0 Å². The molecule has 134 valence electrons. The van der Waals surface area contributed by atoms with Gasteiger partial charge in [-0.3, -0.25) is 14.6 Å². The van der Waals surface area contributed by atoms with Gasteiger partial charge >= 0.3 is 5.97 Å². The summed E-state index contributed by atoms with van der Waals surface area (Å²) in [4.78, 5) is 21.6. The summed E-state index contributed by atoms with van der Waals surface area (Å²) in [5.41, 5.74) is 0. The highest BCUT2D eigenvalue weighted by Gasteiger charge is 2.34. The molecular weight excluding hydrogens is 292 g/mol. The molecule has 23 heavy (non-hydrogen) atoms. The molecule has 0 saturated carbocycles. The topological polar surface area (TPSA) is 39.3 Å². The van der Waals surface area contributed by atoms with Gasteiger partial charge in [-0.1, -0.05) is 0 Å². The highest BCUT2D eigenvalue weighted by Crippen LogP contribution is 2.19. The smallest absolute Gasteiger partial charge is 0.324 e. The van der Waals surface area contributed by atoms with Gasteiger partial charge in [-0.2, -0.15) is 0 Å². The predicted molar refractivity (Wildman–Crippen MR) is 92.6 cm³/mol. The van der Waals surface area contributed by atoms with Gasteiger partial charge in [0.2, 0.25) is 0 Å². The summed E-state index contributed by atoms with van der Waals surface area (Å²) < 4.78 is 5.51. The number of hydrogen-bond donors (Lipinski definition) is 0. The van der Waals surface area contributed by atoms with Gasteiger partial charge in [-0.25, -0.2) is 0 Å². The molecule has 2 heterocycles. The maximum absolute atomic E-state index is 12.4. The molecule has 0 bridgehead atoms. The largest absolute Gasteiger partial charge is 0.464 e. The Kier molecular flexibility index (Phi) is 7.27. The van der Waals surface area contributed by atoms with Gasteiger partial charge in [-0.05, 0) is 60.5 Å². The summed E-state index contributed by atoms with van der Waals surface area (Å²) in [5, 5.41) is 0. The molecule has 0 aromatic rings. The van der Waals surface area contributed by atoms with E-state index in [2.05, 4.69) is 26.6 Å². The highest BCUT2D eigenvalue weighted by atomic mass is 16.5. The van der Waals surface area contributed by atoms with E-state index < -0.39 is 0 Å². The number of esters is 1. The van der Waals surface area contributed by atoms with Crippen LogP contribution >= 0.6 is 0 Å². The standard InChI is InChI=1S/C17H34N4O2/c1-18(2)8-5-13-23-17(22)16-14-21(12-11-20(16)4)15-6-9-19(3)10-7-15/h15-16H,5-14H2,1-4H3. The van der Waals surface area contributed by atoms with E-state index in [4.69, 9.17) is 4.74 Å². The molecule has 0 aliphatic carbocycles. The summed E-state index contributed by atoms with van der Waals surface area (Å²) in [6, 6.07) is 0.520. The number of rotatable bonds is 6. The molecule has 6 heteroatoms. The third kappa shape index (κ3) is 5.71. The van der Waals surface area contributed by atoms with Crippen LogP contribution in [0.2, 0.25) is 0 Å². The van der Waals surface area contributed by atoms with E-state index in [1.54, 1.807) is 0 Å². The molecule has 2 rings (SSSR count). The molecule has 2 aliphatic heterocycles. The molecule has 6 nitrogen and oxygen atoms in total. The molecule has 0 amide bonds. The van der Waals surface area contributed by atoms with Gasteiger partial charge in [0.15, 0.2) is 0 Å². The van der Waals surface area contributed by atoms with Crippen LogP contribution in [0.15, 0.2) is 0 Å². The summed E-state index contributed by atoms with van der Waals surface area (Å²) >= 11 is 0. The van der Waals surface area contributed by atoms with Crippen LogP contribution in [-0.4, -0.2) is 112 Å². The van der Waals surface area contributed by atoms with Crippen molar-refractivity contribution in [3.8, 4) is 0 Å². The van der Waals surface area contributed by atoms with Crippen LogP contribution in [-0.2, 0) is 9.53 Å². The van der Waals surface area contributed by atoms with Crippen LogP contribution in [0.3, 0.4) is 0 Å². The van der Waals surface area contributed by atoms with E-state index in [0.29, 0.717) is 12.6 Å². The second kappa shape index (κ2) is 8.97. The summed E-state index contributed by atoms with van der Waals surface area (Å²) in [5.74, 6) is -0.0520. The molecular formula is C17H34N4O2. The Bertz CT molecular complexity index is 370. The number of nitrogens with zero attached hydrogens (tertiary/aromatic N) is 4. The quantitative estimate of drug-likeness (QED) is 0.513. The Morgan fingerprint density at radius 2 is 1.83 bits per heavy atom. The zero-order chi connectivity index (χ0) is 16.8. The molecule has 2 fully saturated rings. The Labute approximate surface area is 141 Å². The van der Waals surface area contributed by atoms with Crippen LogP contribution in [0.1, 0.15) is 19.3 Å². The second-order valence-corrected chi connectivity index (χ2v) is 7.35. The first-order chi connectivity index (χ1) is 11.0. The van der Waals surface area contributed by atoms with E-state index >= 15 is 0 Å². The Morgan fingerprint density at radius 1 is 1.13 bits per heavy atom. The second-order valence-electron chi connectivity index (χ2n) is 7.35. The minimum atomic E-state index is -0.109. The van der Waals surface area contributed by atoms with E-state index in [0.717, 1.165) is 45.7 Å². The van der Waals surface area contributed by atoms with E-state index in [9.17, 15) is 4.79 Å². The first-order valence-corrected chi connectivity index (χ1v) is 8.91. The van der Waals surface area contributed by atoms with Crippen molar-refractivity contribution < 1.29 is 9.53 Å². The van der Waals surface area contributed by atoms with Gasteiger partial charge in [-0.15, -0.1) is 0 Å². The Hall–Kier alpha value is -0.690. The van der Waals surface area contributed by atoms with Crippen molar-refractivity contribution in [2.24, 2.45) is 0 Å². The SMILES string of the molecule is CN(C)CCCOC(=O)C1CN(C2CCN(C)CC2)CCN1C. The molecule has 0 N–H and O–H groups in total. The number of carbonyl (C=O) groups is 1. The molecule has 1 atom stereocenters. The maximum Gasteiger partial charge on any atom is 0.324 e. The molecule has 0 aromatic carbocycles. The monoisotopic (exact) mass is 326 g/mol. The van der Waals surface area contributed by atoms with Gasteiger partial charge in [0.25, 0.3) is 0 Å². The van der Waals surface area contributed by atoms with Crippen LogP contribution < -0.4 is 0 Å². The molecule has 1 unspecified atom stereocenters. The van der Waals surface area contributed by atoms with Crippen molar-refractivity contribution in [2.75, 3.05) is 74.1 Å². The number of piperazine rings is 1. The minimum absolute atomic E-state index is 0.0520. The van der Waals surface area contributed by atoms with Crippen LogP contribution in [0.4, 0.5) is 0 Å². The lowest BCUT2D eigenvalue weighted by molar-refractivity contribution is -0.152. The number of carbonyl (C=O) groups excluding carboxylic acids is 1. The number of likely N-dealkylation sites (N-methyl/N-ethyl adjacent to an activating group) is 1. The fourth-order valence-electron chi connectivity index (χ4n) is 3.49. The third-order valence-electron chi connectivity index (χ3n) is 5.15. The highest BCUT2D eigenvalue weighted by molar-refractivity contribution is 5.76. The van der Waals surface area contributed by atoms with Crippen molar-refractivity contribution in [3.63, 3.8) is 0 Å². The van der Waals surface area contributed by atoms with Crippen LogP contribution in [0.5, 0.6) is 0 Å². The number of likely N-dealkylation sites (tertiary alicyclic amines) is 1. The van der Waals surface area contributed by atoms with Crippen LogP contribution in [0.25, 0.3) is 0 Å². The molecule has 0 aromatic heterocycles. The molecule has 2 aliphatic rings. The summed E-state index contributed by atoms with van der Waals surface area (Å²) in [6.45, 7) is 6.63. The van der Waals surface area contributed by atoms with Crippen LogP contribution in [0, 0.1) is 0 Å². The zero-order valence-electron chi connectivity index (χ0n) is 15.3. The summed E-state index contributed by atoms with van der Waals surface area (Å²) in [6.07, 6.45) is 3.32. The maximum atomic E-state index is 12.4. The predicted octanol–water partition coefficient (Wildman–Crippen LogP) is 0.192. The van der Waals surface area contributed by atoms with Crippen molar-refractivity contribution in [2.45, 2.75) is 31.3 Å². The van der Waals surface area contributed by atoms with E-state index in [1.807, 2.05) is 21.1 Å². The number of piperidine rings is 1. The molecule has 0 radical (unpaired) electrons. The van der Waals surface area contributed by atoms with Crippen molar-refractivity contribution in [1.82, 2.24) is 19.6 Å². The number of hydrogen-bond acceptors (Lipinski definition) is 6. The fraction of sp³-hybridized carbons (Fsp3) is 0.941. The lowest BCUT2D eigenvalue weighted by Crippen LogP contribution is -2.58. The lowest BCUT2D eigenvalue weighted by Gasteiger charge is -2.44. The van der Waals surface area contributed by atoms with Crippen molar-refractivity contribution in [1.29, 1.82) is 0 Å². The van der Waals surface area contributed by atoms with E-state index in [-0.39, 0.29) is 12.0 Å². The fourth-order valence-corrected chi connectivity index (χ4v) is 3.49. The average Bonchev–Trinajstić information content (AvgIpc) is 2.52. The van der Waals surface area contributed by atoms with Crippen molar-refractivity contribution >= 4 is 5.97 Å². The van der Waals surface area contributed by atoms with Gasteiger partial charge in [0, 0.05) is 32.2 Å². The zero-order valence-corrected chi connectivity index (χ0v) is 15.3. The van der Waals surface area contributed by atoms with Gasteiger partial charge in [0.05, 0.1) is 6.61 Å². The first-order valence-electron chi connectivity index (χ1n) is 8.91. The van der Waals surface area contributed by atoms with Gasteiger partial charge in [0.1, 0.15) is 6.04 Å². The van der Waals surface area contributed by atoms with Gasteiger partial charge < -0.3 is 14.5 Å². The third-order valence-corrected chi connectivity index (χ3v) is 5.15. The first kappa shape index (κ1) is 18.6. The number of ether oxygens (including phenoxy) is 1. The minimum Gasteiger partial charge on any atom is -0.464 e. The summed E-state index contributed by atoms with van der Waals surface area (Å²) in [7, 11) is 8.30. The Morgan fingerprint density at radius 3 is 2.48 bits per heavy atom. The Balaban J connectivity index is 1.79. The average molecular weight is 326 g/mol. The molecule has 2 saturated heterocycles.